The molecule has 2 aliphatic heterocycles. The average molecular weight is 305 g/mol. The fourth-order valence-electron chi connectivity index (χ4n) is 2.78. The molecule has 2 atom stereocenters. The fraction of sp³-hybridized carbons (Fsp3) is 0.500. The van der Waals surface area contributed by atoms with Crippen LogP contribution >= 0.6 is 0 Å². The van der Waals surface area contributed by atoms with E-state index in [2.05, 4.69) is 0 Å². The van der Waals surface area contributed by atoms with Crippen molar-refractivity contribution < 1.29 is 23.9 Å². The number of nitrogens with zero attached hydrogens (tertiary/aromatic N) is 1. The maximum absolute atomic E-state index is 11.9. The monoisotopic (exact) mass is 305 g/mol. The van der Waals surface area contributed by atoms with Crippen LogP contribution in [0.1, 0.15) is 18.9 Å². The Hall–Kier alpha value is -1.92. The van der Waals surface area contributed by atoms with E-state index in [9.17, 15) is 9.59 Å². The Morgan fingerprint density at radius 3 is 2.91 bits per heavy atom. The van der Waals surface area contributed by atoms with Crippen LogP contribution < -0.4 is 0 Å². The summed E-state index contributed by atoms with van der Waals surface area (Å²) in [4.78, 5) is 29.2. The van der Waals surface area contributed by atoms with Crippen LogP contribution in [0.15, 0.2) is 30.3 Å². The van der Waals surface area contributed by atoms with E-state index in [0.717, 1.165) is 5.56 Å². The minimum atomic E-state index is -0.778. The number of ether oxygens (including phenoxy) is 2. The van der Waals surface area contributed by atoms with E-state index >= 15 is 0 Å². The zero-order valence-corrected chi connectivity index (χ0v) is 12.5. The number of benzene rings is 1. The molecule has 118 valence electrons. The predicted octanol–water partition coefficient (Wildman–Crippen LogP) is 1.30. The van der Waals surface area contributed by atoms with Crippen LogP contribution in [0.5, 0.6) is 0 Å². The van der Waals surface area contributed by atoms with E-state index in [4.69, 9.17) is 14.3 Å². The van der Waals surface area contributed by atoms with Gasteiger partial charge in [0.15, 0.2) is 0 Å². The number of esters is 2. The molecule has 6 nitrogen and oxygen atoms in total. The van der Waals surface area contributed by atoms with E-state index in [1.807, 2.05) is 30.3 Å². The molecule has 2 aliphatic rings. The maximum atomic E-state index is 11.9. The molecular formula is C16H19NO5. The van der Waals surface area contributed by atoms with Crippen LogP contribution in [-0.4, -0.2) is 42.3 Å². The van der Waals surface area contributed by atoms with Gasteiger partial charge in [-0.05, 0) is 12.5 Å². The summed E-state index contributed by atoms with van der Waals surface area (Å²) in [6.45, 7) is 3.19. The van der Waals surface area contributed by atoms with Gasteiger partial charge in [0.1, 0.15) is 12.1 Å². The first-order chi connectivity index (χ1) is 10.6. The van der Waals surface area contributed by atoms with Crippen LogP contribution in [0.4, 0.5) is 0 Å². The third-order valence-corrected chi connectivity index (χ3v) is 4.34. The van der Waals surface area contributed by atoms with Gasteiger partial charge in [0.2, 0.25) is 0 Å². The summed E-state index contributed by atoms with van der Waals surface area (Å²) >= 11 is 0. The highest BCUT2D eigenvalue weighted by Gasteiger charge is 2.58. The number of carbonyl (C=O) groups is 2. The largest absolute Gasteiger partial charge is 0.464 e. The third kappa shape index (κ3) is 2.71. The van der Waals surface area contributed by atoms with Gasteiger partial charge in [0, 0.05) is 12.5 Å². The molecule has 2 saturated heterocycles. The van der Waals surface area contributed by atoms with Crippen LogP contribution in [0.2, 0.25) is 0 Å². The molecule has 0 spiro atoms. The highest BCUT2D eigenvalue weighted by Crippen LogP contribution is 2.38. The first-order valence-corrected chi connectivity index (χ1v) is 7.38. The lowest BCUT2D eigenvalue weighted by Crippen LogP contribution is -2.48. The first kappa shape index (κ1) is 15.0. The van der Waals surface area contributed by atoms with E-state index in [1.54, 1.807) is 12.0 Å². The Labute approximate surface area is 128 Å². The summed E-state index contributed by atoms with van der Waals surface area (Å²) in [7, 11) is 0. The summed E-state index contributed by atoms with van der Waals surface area (Å²) in [5, 5.41) is 1.57. The number of cyclic esters (lactones) is 1. The summed E-state index contributed by atoms with van der Waals surface area (Å²) < 4.78 is 10.3. The number of hydrogen-bond donors (Lipinski definition) is 0. The maximum Gasteiger partial charge on any atom is 0.329 e. The highest BCUT2D eigenvalue weighted by molar-refractivity contribution is 5.83. The van der Waals surface area contributed by atoms with E-state index in [1.165, 1.54) is 0 Å². The zero-order chi connectivity index (χ0) is 15.6. The number of hydrogen-bond acceptors (Lipinski definition) is 6. The second-order valence-electron chi connectivity index (χ2n) is 5.74. The Balaban J connectivity index is 1.48. The molecule has 0 radical (unpaired) electrons. The first-order valence-electron chi connectivity index (χ1n) is 7.38. The van der Waals surface area contributed by atoms with Gasteiger partial charge < -0.3 is 9.47 Å². The second kappa shape index (κ2) is 6.06. The van der Waals surface area contributed by atoms with Gasteiger partial charge in [0.05, 0.1) is 19.6 Å². The standard InChI is InChI=1S/C16H19NO5/c1-16-13(10-21-15(16)19)11-22-17(16)8-7-14(18)20-9-12-5-3-2-4-6-12/h2-6,13H,7-11H2,1H3/t13-,16+/m1/s1. The fourth-order valence-corrected chi connectivity index (χ4v) is 2.78. The molecule has 0 amide bonds. The van der Waals surface area contributed by atoms with Gasteiger partial charge in [-0.2, -0.15) is 5.06 Å². The summed E-state index contributed by atoms with van der Waals surface area (Å²) in [5.74, 6) is -0.571. The van der Waals surface area contributed by atoms with Crippen LogP contribution in [0, 0.1) is 5.92 Å². The normalized spacial score (nSPS) is 27.5. The SMILES string of the molecule is C[C@@]12C(=O)OC[C@@H]1CON2CCC(=O)OCc1ccccc1. The molecule has 1 aromatic rings. The molecule has 0 aliphatic carbocycles. The van der Waals surface area contributed by atoms with Crippen molar-refractivity contribution in [2.24, 2.45) is 5.92 Å². The average Bonchev–Trinajstić information content (AvgIpc) is 3.01. The second-order valence-corrected chi connectivity index (χ2v) is 5.74. The van der Waals surface area contributed by atoms with Crippen LogP contribution in [0.3, 0.4) is 0 Å². The van der Waals surface area contributed by atoms with E-state index < -0.39 is 5.54 Å². The molecule has 0 bridgehead atoms. The van der Waals surface area contributed by atoms with Crippen molar-refractivity contribution in [1.29, 1.82) is 0 Å². The molecular weight excluding hydrogens is 286 g/mol. The minimum Gasteiger partial charge on any atom is -0.464 e. The minimum absolute atomic E-state index is 0.0281. The molecule has 0 aromatic heterocycles. The zero-order valence-electron chi connectivity index (χ0n) is 12.5. The lowest BCUT2D eigenvalue weighted by Gasteiger charge is -2.28. The summed E-state index contributed by atoms with van der Waals surface area (Å²) in [6.07, 6.45) is 0.169. The van der Waals surface area contributed by atoms with Gasteiger partial charge in [-0.3, -0.25) is 9.63 Å². The predicted molar refractivity (Wildman–Crippen MR) is 76.4 cm³/mol. The van der Waals surface area contributed by atoms with Gasteiger partial charge in [-0.25, -0.2) is 4.79 Å². The summed E-state index contributed by atoms with van der Waals surface area (Å²) in [6, 6.07) is 9.50. The molecule has 1 aromatic carbocycles. The third-order valence-electron chi connectivity index (χ3n) is 4.34. The van der Waals surface area contributed by atoms with Gasteiger partial charge >= 0.3 is 11.9 Å². The lowest BCUT2D eigenvalue weighted by molar-refractivity contribution is -0.186. The lowest BCUT2D eigenvalue weighted by atomic mass is 9.90. The number of hydroxylamine groups is 2. The smallest absolute Gasteiger partial charge is 0.329 e. The molecule has 0 unspecified atom stereocenters. The molecule has 0 N–H and O–H groups in total. The Morgan fingerprint density at radius 1 is 1.36 bits per heavy atom. The molecule has 6 heteroatoms. The van der Waals surface area contributed by atoms with Crippen molar-refractivity contribution in [2.45, 2.75) is 25.5 Å². The number of fused-ring (bicyclic) bond motifs is 1. The van der Waals surface area contributed by atoms with Crippen molar-refractivity contribution in [3.63, 3.8) is 0 Å². The van der Waals surface area contributed by atoms with Crippen LogP contribution in [-0.2, 0) is 30.5 Å². The molecule has 2 fully saturated rings. The quantitative estimate of drug-likeness (QED) is 0.764. The highest BCUT2D eigenvalue weighted by atomic mass is 16.7. The number of carbonyl (C=O) groups excluding carboxylic acids is 2. The Bertz CT molecular complexity index is 561. The number of rotatable bonds is 5. The van der Waals surface area contributed by atoms with Crippen molar-refractivity contribution in [3.8, 4) is 0 Å². The molecule has 0 saturated carbocycles. The van der Waals surface area contributed by atoms with Crippen LogP contribution in [0.25, 0.3) is 0 Å². The van der Waals surface area contributed by atoms with Gasteiger partial charge in [-0.1, -0.05) is 30.3 Å². The molecule has 3 rings (SSSR count). The Kier molecular flexibility index (Phi) is 4.13. The molecule has 2 heterocycles. The van der Waals surface area contributed by atoms with Crippen molar-refractivity contribution in [2.75, 3.05) is 19.8 Å². The van der Waals surface area contributed by atoms with Crippen molar-refractivity contribution in [1.82, 2.24) is 5.06 Å². The summed E-state index contributed by atoms with van der Waals surface area (Å²) in [5.41, 5.74) is 0.166. The van der Waals surface area contributed by atoms with E-state index in [0.29, 0.717) is 19.8 Å². The topological polar surface area (TPSA) is 65.1 Å². The van der Waals surface area contributed by atoms with Gasteiger partial charge in [-0.15, -0.1) is 0 Å². The Morgan fingerprint density at radius 2 is 2.14 bits per heavy atom. The van der Waals surface area contributed by atoms with Gasteiger partial charge in [0.25, 0.3) is 0 Å². The van der Waals surface area contributed by atoms with Crippen molar-refractivity contribution in [3.05, 3.63) is 35.9 Å². The van der Waals surface area contributed by atoms with Crippen molar-refractivity contribution >= 4 is 11.9 Å². The molecule has 22 heavy (non-hydrogen) atoms. The van der Waals surface area contributed by atoms with E-state index in [-0.39, 0.29) is 30.9 Å².